The van der Waals surface area contributed by atoms with Crippen molar-refractivity contribution in [3.63, 3.8) is 0 Å². The molecule has 9 nitrogen and oxygen atoms in total. The van der Waals surface area contributed by atoms with Gasteiger partial charge in [0.25, 0.3) is 0 Å². The molecule has 0 radical (unpaired) electrons. The van der Waals surface area contributed by atoms with Crippen LogP contribution in [-0.2, 0) is 16.3 Å². The summed E-state index contributed by atoms with van der Waals surface area (Å²) >= 11 is 0. The average molecular weight is 292 g/mol. The minimum atomic E-state index is -0.651. The van der Waals surface area contributed by atoms with Gasteiger partial charge in [-0.15, -0.1) is 0 Å². The summed E-state index contributed by atoms with van der Waals surface area (Å²) < 4.78 is 11.3. The molecule has 0 fully saturated rings. The molecule has 0 aliphatic rings. The first kappa shape index (κ1) is 14.5. The minimum Gasteiger partial charge on any atom is -0.401 e. The number of carbonyl (C=O) groups excluding carboxylic acids is 1. The van der Waals surface area contributed by atoms with E-state index in [0.29, 0.717) is 5.69 Å². The van der Waals surface area contributed by atoms with E-state index in [2.05, 4.69) is 10.4 Å². The third-order valence-corrected chi connectivity index (χ3v) is 2.35. The molecule has 0 aliphatic heterocycles. The molecule has 0 spiro atoms. The van der Waals surface area contributed by atoms with Gasteiger partial charge in [-0.3, -0.25) is 14.9 Å². The van der Waals surface area contributed by atoms with Crippen LogP contribution in [0.5, 0.6) is 0 Å². The molecule has 0 saturated carbocycles. The van der Waals surface area contributed by atoms with Crippen molar-refractivity contribution in [1.82, 2.24) is 9.78 Å². The average Bonchev–Trinajstić information content (AvgIpc) is 3.06. The number of anilines is 1. The lowest BCUT2D eigenvalue weighted by Gasteiger charge is -1.97. The molecule has 0 bridgehead atoms. The number of hydrogen-bond donors (Lipinski definition) is 1. The zero-order valence-corrected chi connectivity index (χ0v) is 11.1. The largest absolute Gasteiger partial charge is 0.433 e. The summed E-state index contributed by atoms with van der Waals surface area (Å²) in [6, 6.07) is 2.62. The molecule has 1 N–H and O–H groups in total. The van der Waals surface area contributed by atoms with E-state index in [4.69, 9.17) is 9.15 Å². The van der Waals surface area contributed by atoms with Gasteiger partial charge in [0.15, 0.2) is 0 Å². The predicted molar refractivity (Wildman–Crippen MR) is 72.3 cm³/mol. The summed E-state index contributed by atoms with van der Waals surface area (Å²) in [5.41, 5.74) is 0.507. The van der Waals surface area contributed by atoms with Gasteiger partial charge in [-0.2, -0.15) is 5.10 Å². The highest BCUT2D eigenvalue weighted by Gasteiger charge is 2.10. The number of nitro groups is 1. The van der Waals surface area contributed by atoms with Gasteiger partial charge < -0.3 is 14.5 Å². The van der Waals surface area contributed by atoms with Crippen molar-refractivity contribution < 1.29 is 18.9 Å². The Morgan fingerprint density at radius 2 is 2.43 bits per heavy atom. The van der Waals surface area contributed by atoms with E-state index in [0.717, 1.165) is 0 Å². The van der Waals surface area contributed by atoms with Crippen molar-refractivity contribution in [2.45, 2.75) is 6.73 Å². The Hall–Kier alpha value is -2.94. The summed E-state index contributed by atoms with van der Waals surface area (Å²) in [5, 5.41) is 17.0. The molecule has 0 unspecified atom stereocenters. The fourth-order valence-electron chi connectivity index (χ4n) is 1.50. The maximum absolute atomic E-state index is 11.7. The maximum Gasteiger partial charge on any atom is 0.433 e. The predicted octanol–water partition coefficient (Wildman–Crippen LogP) is 1.64. The van der Waals surface area contributed by atoms with Crippen molar-refractivity contribution in [1.29, 1.82) is 0 Å². The lowest BCUT2D eigenvalue weighted by Crippen LogP contribution is -2.07. The highest BCUT2D eigenvalue weighted by molar-refractivity contribution is 6.01. The number of nitrogens with one attached hydrogen (secondary N) is 1. The Labute approximate surface area is 119 Å². The van der Waals surface area contributed by atoms with Crippen LogP contribution in [0.1, 0.15) is 5.76 Å². The van der Waals surface area contributed by atoms with Crippen LogP contribution in [0.2, 0.25) is 0 Å². The van der Waals surface area contributed by atoms with Crippen LogP contribution in [0.25, 0.3) is 6.08 Å². The smallest absolute Gasteiger partial charge is 0.401 e. The SMILES string of the molecule is COCn1cc(NC(=O)/C=C/c2ccc([N+](=O)[O-])o2)cn1. The van der Waals surface area contributed by atoms with E-state index in [-0.39, 0.29) is 18.4 Å². The zero-order valence-electron chi connectivity index (χ0n) is 11.1. The topological polar surface area (TPSA) is 112 Å². The van der Waals surface area contributed by atoms with Crippen molar-refractivity contribution in [3.8, 4) is 0 Å². The van der Waals surface area contributed by atoms with Gasteiger partial charge in [-0.05, 0) is 12.1 Å². The number of furan rings is 1. The Morgan fingerprint density at radius 1 is 1.62 bits per heavy atom. The van der Waals surface area contributed by atoms with Gasteiger partial charge >= 0.3 is 5.88 Å². The molecule has 2 aromatic rings. The maximum atomic E-state index is 11.7. The normalized spacial score (nSPS) is 10.9. The van der Waals surface area contributed by atoms with E-state index in [1.807, 2.05) is 0 Å². The van der Waals surface area contributed by atoms with Gasteiger partial charge in [0, 0.05) is 13.2 Å². The summed E-state index contributed by atoms with van der Waals surface area (Å²) in [5.74, 6) is -0.575. The van der Waals surface area contributed by atoms with Crippen LogP contribution < -0.4 is 5.32 Å². The second kappa shape index (κ2) is 6.48. The Kier molecular flexibility index (Phi) is 4.46. The summed E-state index contributed by atoms with van der Waals surface area (Å²) in [6.07, 6.45) is 5.62. The fourth-order valence-corrected chi connectivity index (χ4v) is 1.50. The Bertz CT molecular complexity index is 673. The van der Waals surface area contributed by atoms with Crippen molar-refractivity contribution >= 4 is 23.6 Å². The minimum absolute atomic E-state index is 0.215. The molecule has 0 aromatic carbocycles. The monoisotopic (exact) mass is 292 g/mol. The molecule has 2 heterocycles. The lowest BCUT2D eigenvalue weighted by molar-refractivity contribution is -0.402. The van der Waals surface area contributed by atoms with Crippen molar-refractivity contribution in [3.05, 3.63) is 46.5 Å². The van der Waals surface area contributed by atoms with Crippen LogP contribution in [0, 0.1) is 10.1 Å². The first-order chi connectivity index (χ1) is 10.1. The first-order valence-electron chi connectivity index (χ1n) is 5.83. The standard InChI is InChI=1S/C12H12N4O5/c1-20-8-15-7-9(6-13-15)14-11(17)4-2-10-3-5-12(21-10)16(18)19/h2-7H,8H2,1H3,(H,14,17)/b4-2+. The van der Waals surface area contributed by atoms with Crippen LogP contribution in [-0.4, -0.2) is 27.7 Å². The fraction of sp³-hybridized carbons (Fsp3) is 0.167. The van der Waals surface area contributed by atoms with Crippen molar-refractivity contribution in [2.24, 2.45) is 0 Å². The second-order valence-electron chi connectivity index (χ2n) is 3.94. The number of aromatic nitrogens is 2. The molecular formula is C12H12N4O5. The third-order valence-electron chi connectivity index (χ3n) is 2.35. The quantitative estimate of drug-likeness (QED) is 0.492. The van der Waals surface area contributed by atoms with Crippen LogP contribution in [0.4, 0.5) is 11.6 Å². The Morgan fingerprint density at radius 3 is 3.10 bits per heavy atom. The third kappa shape index (κ3) is 4.01. The summed E-state index contributed by atoms with van der Waals surface area (Å²) in [7, 11) is 1.53. The molecule has 9 heteroatoms. The van der Waals surface area contributed by atoms with E-state index >= 15 is 0 Å². The number of ether oxygens (including phenoxy) is 1. The summed E-state index contributed by atoms with van der Waals surface area (Å²) in [4.78, 5) is 21.4. The molecule has 0 saturated heterocycles. The van der Waals surface area contributed by atoms with Gasteiger partial charge in [-0.1, -0.05) is 0 Å². The second-order valence-corrected chi connectivity index (χ2v) is 3.94. The highest BCUT2D eigenvalue weighted by Crippen LogP contribution is 2.16. The first-order valence-corrected chi connectivity index (χ1v) is 5.83. The number of carbonyl (C=O) groups is 1. The molecule has 1 amide bonds. The molecule has 0 aliphatic carbocycles. The molecule has 0 atom stereocenters. The van der Waals surface area contributed by atoms with Gasteiger partial charge in [0.1, 0.15) is 17.4 Å². The van der Waals surface area contributed by atoms with Gasteiger partial charge in [-0.25, -0.2) is 4.68 Å². The molecular weight excluding hydrogens is 280 g/mol. The van der Waals surface area contributed by atoms with Crippen molar-refractivity contribution in [2.75, 3.05) is 12.4 Å². The highest BCUT2D eigenvalue weighted by atomic mass is 16.6. The number of rotatable bonds is 6. The number of hydrogen-bond acceptors (Lipinski definition) is 6. The number of methoxy groups -OCH3 is 1. The van der Waals surface area contributed by atoms with Gasteiger partial charge in [0.2, 0.25) is 5.91 Å². The van der Waals surface area contributed by atoms with E-state index < -0.39 is 10.8 Å². The molecule has 2 aromatic heterocycles. The van der Waals surface area contributed by atoms with Crippen LogP contribution in [0.15, 0.2) is 35.0 Å². The molecule has 110 valence electrons. The summed E-state index contributed by atoms with van der Waals surface area (Å²) in [6.45, 7) is 0.280. The number of amides is 1. The number of nitrogens with zero attached hydrogens (tertiary/aromatic N) is 3. The van der Waals surface area contributed by atoms with Crippen LogP contribution >= 0.6 is 0 Å². The van der Waals surface area contributed by atoms with Gasteiger partial charge in [0.05, 0.1) is 24.1 Å². The Balaban J connectivity index is 1.93. The zero-order chi connectivity index (χ0) is 15.2. The molecule has 2 rings (SSSR count). The van der Waals surface area contributed by atoms with E-state index in [9.17, 15) is 14.9 Å². The molecule has 21 heavy (non-hydrogen) atoms. The lowest BCUT2D eigenvalue weighted by atomic mass is 10.4. The van der Waals surface area contributed by atoms with Crippen LogP contribution in [0.3, 0.4) is 0 Å². The van der Waals surface area contributed by atoms with E-state index in [1.165, 1.54) is 42.3 Å². The van der Waals surface area contributed by atoms with E-state index in [1.54, 1.807) is 6.20 Å².